The summed E-state index contributed by atoms with van der Waals surface area (Å²) in [6, 6.07) is 5.16. The number of rotatable bonds is 4. The fourth-order valence-corrected chi connectivity index (χ4v) is 1.78. The normalized spacial score (nSPS) is 11.2. The lowest BCUT2D eigenvalue weighted by Gasteiger charge is -2.06. The van der Waals surface area contributed by atoms with Crippen molar-refractivity contribution in [3.8, 4) is 5.69 Å². The lowest BCUT2D eigenvalue weighted by Crippen LogP contribution is -2.21. The van der Waals surface area contributed by atoms with E-state index in [2.05, 4.69) is 24.3 Å². The molecule has 0 saturated carbocycles. The van der Waals surface area contributed by atoms with Crippen molar-refractivity contribution in [3.63, 3.8) is 0 Å². The van der Waals surface area contributed by atoms with E-state index in [0.29, 0.717) is 6.04 Å². The standard InChI is InChI=1S/C14H18FN3/c1-10(2)16-7-12-8-17-18(9-12)14-5-4-13(15)6-11(14)3/h4-6,8-10,16H,7H2,1-3H3. The molecule has 2 aromatic rings. The summed E-state index contributed by atoms with van der Waals surface area (Å²) >= 11 is 0. The van der Waals surface area contributed by atoms with Crippen LogP contribution in [0.25, 0.3) is 5.69 Å². The van der Waals surface area contributed by atoms with Crippen LogP contribution in [0.15, 0.2) is 30.6 Å². The van der Waals surface area contributed by atoms with Crippen LogP contribution in [0.3, 0.4) is 0 Å². The number of nitrogens with one attached hydrogen (secondary N) is 1. The minimum Gasteiger partial charge on any atom is -0.310 e. The fraction of sp³-hybridized carbons (Fsp3) is 0.357. The summed E-state index contributed by atoms with van der Waals surface area (Å²) in [6.45, 7) is 6.88. The Bertz CT molecular complexity index is 532. The molecule has 1 aromatic heterocycles. The molecular weight excluding hydrogens is 229 g/mol. The Kier molecular flexibility index (Phi) is 3.77. The molecule has 0 saturated heterocycles. The lowest BCUT2D eigenvalue weighted by atomic mass is 10.2. The van der Waals surface area contributed by atoms with Crippen molar-refractivity contribution in [3.05, 3.63) is 47.5 Å². The van der Waals surface area contributed by atoms with E-state index in [9.17, 15) is 4.39 Å². The molecule has 0 amide bonds. The van der Waals surface area contributed by atoms with Crippen LogP contribution in [0.1, 0.15) is 25.0 Å². The average molecular weight is 247 g/mol. The van der Waals surface area contributed by atoms with Gasteiger partial charge in [0.15, 0.2) is 0 Å². The Morgan fingerprint density at radius 1 is 1.39 bits per heavy atom. The second kappa shape index (κ2) is 5.31. The van der Waals surface area contributed by atoms with Crippen LogP contribution in [0.2, 0.25) is 0 Å². The Morgan fingerprint density at radius 3 is 2.83 bits per heavy atom. The van der Waals surface area contributed by atoms with E-state index in [-0.39, 0.29) is 5.82 Å². The van der Waals surface area contributed by atoms with Crippen LogP contribution in [0.5, 0.6) is 0 Å². The van der Waals surface area contributed by atoms with Crippen LogP contribution < -0.4 is 5.32 Å². The topological polar surface area (TPSA) is 29.9 Å². The van der Waals surface area contributed by atoms with Crippen molar-refractivity contribution in [1.82, 2.24) is 15.1 Å². The second-order valence-electron chi connectivity index (χ2n) is 4.76. The van der Waals surface area contributed by atoms with Gasteiger partial charge in [-0.1, -0.05) is 13.8 Å². The first-order valence-corrected chi connectivity index (χ1v) is 6.09. The largest absolute Gasteiger partial charge is 0.310 e. The van der Waals surface area contributed by atoms with E-state index in [1.54, 1.807) is 10.7 Å². The highest BCUT2D eigenvalue weighted by molar-refractivity contribution is 5.40. The monoisotopic (exact) mass is 247 g/mol. The quantitative estimate of drug-likeness (QED) is 0.900. The minimum absolute atomic E-state index is 0.217. The predicted octanol–water partition coefficient (Wildman–Crippen LogP) is 2.82. The summed E-state index contributed by atoms with van der Waals surface area (Å²) in [6.07, 6.45) is 3.80. The first-order valence-electron chi connectivity index (χ1n) is 6.09. The maximum atomic E-state index is 13.0. The summed E-state index contributed by atoms with van der Waals surface area (Å²) < 4.78 is 14.8. The molecule has 96 valence electrons. The number of aryl methyl sites for hydroxylation is 1. The SMILES string of the molecule is Cc1cc(F)ccc1-n1cc(CNC(C)C)cn1. The van der Waals surface area contributed by atoms with Gasteiger partial charge in [0.25, 0.3) is 0 Å². The zero-order chi connectivity index (χ0) is 13.1. The molecule has 0 fully saturated rings. The Morgan fingerprint density at radius 2 is 2.17 bits per heavy atom. The first-order chi connectivity index (χ1) is 8.56. The number of nitrogens with zero attached hydrogens (tertiary/aromatic N) is 2. The fourth-order valence-electron chi connectivity index (χ4n) is 1.78. The van der Waals surface area contributed by atoms with E-state index in [4.69, 9.17) is 0 Å². The zero-order valence-corrected chi connectivity index (χ0v) is 10.9. The molecule has 0 unspecified atom stereocenters. The van der Waals surface area contributed by atoms with Gasteiger partial charge in [-0.25, -0.2) is 9.07 Å². The third-order valence-corrected chi connectivity index (χ3v) is 2.76. The van der Waals surface area contributed by atoms with Crippen LogP contribution >= 0.6 is 0 Å². The highest BCUT2D eigenvalue weighted by atomic mass is 19.1. The predicted molar refractivity (Wildman–Crippen MR) is 70.2 cm³/mol. The van der Waals surface area contributed by atoms with Crippen molar-refractivity contribution in [2.45, 2.75) is 33.4 Å². The summed E-state index contributed by atoms with van der Waals surface area (Å²) in [5.41, 5.74) is 2.90. The maximum absolute atomic E-state index is 13.0. The summed E-state index contributed by atoms with van der Waals surface area (Å²) in [7, 11) is 0. The van der Waals surface area contributed by atoms with E-state index >= 15 is 0 Å². The Labute approximate surface area is 107 Å². The van der Waals surface area contributed by atoms with E-state index < -0.39 is 0 Å². The van der Waals surface area contributed by atoms with Crippen LogP contribution in [-0.4, -0.2) is 15.8 Å². The van der Waals surface area contributed by atoms with Gasteiger partial charge in [0.1, 0.15) is 5.82 Å². The molecule has 0 atom stereocenters. The number of hydrogen-bond acceptors (Lipinski definition) is 2. The molecule has 0 radical (unpaired) electrons. The van der Waals surface area contributed by atoms with Gasteiger partial charge in [-0.05, 0) is 30.7 Å². The van der Waals surface area contributed by atoms with Crippen molar-refractivity contribution < 1.29 is 4.39 Å². The second-order valence-corrected chi connectivity index (χ2v) is 4.76. The average Bonchev–Trinajstić information content (AvgIpc) is 2.75. The summed E-state index contributed by atoms with van der Waals surface area (Å²) in [4.78, 5) is 0. The molecule has 2 rings (SSSR count). The minimum atomic E-state index is -0.217. The van der Waals surface area contributed by atoms with Gasteiger partial charge in [-0.3, -0.25) is 0 Å². The summed E-state index contributed by atoms with van der Waals surface area (Å²) in [5, 5.41) is 7.65. The first kappa shape index (κ1) is 12.8. The van der Waals surface area contributed by atoms with Gasteiger partial charge in [-0.2, -0.15) is 5.10 Å². The van der Waals surface area contributed by atoms with Crippen LogP contribution in [-0.2, 0) is 6.54 Å². The molecule has 1 N–H and O–H groups in total. The zero-order valence-electron chi connectivity index (χ0n) is 10.9. The number of aromatic nitrogens is 2. The highest BCUT2D eigenvalue weighted by Crippen LogP contribution is 2.15. The van der Waals surface area contributed by atoms with Crippen molar-refractivity contribution in [1.29, 1.82) is 0 Å². The van der Waals surface area contributed by atoms with Crippen molar-refractivity contribution in [2.75, 3.05) is 0 Å². The summed E-state index contributed by atoms with van der Waals surface area (Å²) in [5.74, 6) is -0.217. The molecule has 1 heterocycles. The molecule has 4 heteroatoms. The van der Waals surface area contributed by atoms with Crippen molar-refractivity contribution >= 4 is 0 Å². The maximum Gasteiger partial charge on any atom is 0.123 e. The van der Waals surface area contributed by atoms with E-state index in [1.807, 2.05) is 19.3 Å². The number of benzene rings is 1. The molecular formula is C14H18FN3. The molecule has 3 nitrogen and oxygen atoms in total. The number of halogens is 1. The van der Waals surface area contributed by atoms with E-state index in [0.717, 1.165) is 23.4 Å². The van der Waals surface area contributed by atoms with Crippen molar-refractivity contribution in [2.24, 2.45) is 0 Å². The van der Waals surface area contributed by atoms with E-state index in [1.165, 1.54) is 12.1 Å². The van der Waals surface area contributed by atoms with Crippen LogP contribution in [0, 0.1) is 12.7 Å². The molecule has 18 heavy (non-hydrogen) atoms. The molecule has 0 bridgehead atoms. The van der Waals surface area contributed by atoms with Gasteiger partial charge in [0.2, 0.25) is 0 Å². The molecule has 0 spiro atoms. The van der Waals surface area contributed by atoms with Crippen LogP contribution in [0.4, 0.5) is 4.39 Å². The van der Waals surface area contributed by atoms with Gasteiger partial charge in [-0.15, -0.1) is 0 Å². The van der Waals surface area contributed by atoms with Gasteiger partial charge >= 0.3 is 0 Å². The third-order valence-electron chi connectivity index (χ3n) is 2.76. The molecule has 0 aliphatic carbocycles. The smallest absolute Gasteiger partial charge is 0.123 e. The Balaban J connectivity index is 2.18. The lowest BCUT2D eigenvalue weighted by molar-refractivity contribution is 0.589. The van der Waals surface area contributed by atoms with Gasteiger partial charge in [0.05, 0.1) is 11.9 Å². The highest BCUT2D eigenvalue weighted by Gasteiger charge is 2.05. The Hall–Kier alpha value is -1.68. The molecule has 0 aliphatic rings. The van der Waals surface area contributed by atoms with Gasteiger partial charge in [0, 0.05) is 24.3 Å². The molecule has 1 aromatic carbocycles. The molecule has 0 aliphatic heterocycles. The van der Waals surface area contributed by atoms with Gasteiger partial charge < -0.3 is 5.32 Å². The number of hydrogen-bond donors (Lipinski definition) is 1. The third kappa shape index (κ3) is 2.96.